The molecule has 6 rings (SSSR count). The second-order valence-corrected chi connectivity index (χ2v) is 9.55. The van der Waals surface area contributed by atoms with Crippen LogP contribution in [0.25, 0.3) is 0 Å². The first-order chi connectivity index (χ1) is 13.6. The summed E-state index contributed by atoms with van der Waals surface area (Å²) in [5.74, 6) is 1.58. The van der Waals surface area contributed by atoms with Crippen molar-refractivity contribution in [1.82, 2.24) is 10.6 Å². The first-order valence-electron chi connectivity index (χ1n) is 11.1. The highest BCUT2D eigenvalue weighted by molar-refractivity contribution is 6.02. The number of amides is 2. The van der Waals surface area contributed by atoms with Crippen molar-refractivity contribution in [3.8, 4) is 0 Å². The van der Waals surface area contributed by atoms with Crippen molar-refractivity contribution in [2.75, 3.05) is 5.32 Å². The summed E-state index contributed by atoms with van der Waals surface area (Å²) in [7, 11) is 0. The molecule has 4 aliphatic carbocycles. The minimum atomic E-state index is -0.386. The topological polar surface area (TPSA) is 70.2 Å². The van der Waals surface area contributed by atoms with E-state index in [-0.39, 0.29) is 23.4 Å². The molecule has 4 saturated carbocycles. The van der Waals surface area contributed by atoms with Crippen LogP contribution >= 0.6 is 0 Å². The van der Waals surface area contributed by atoms with Crippen molar-refractivity contribution in [2.45, 2.75) is 70.0 Å². The number of hydrogen-bond donors (Lipinski definition) is 3. The molecule has 28 heavy (non-hydrogen) atoms. The molecule has 1 aromatic rings. The van der Waals surface area contributed by atoms with Gasteiger partial charge in [-0.3, -0.25) is 9.59 Å². The monoisotopic (exact) mass is 381 g/mol. The lowest BCUT2D eigenvalue weighted by molar-refractivity contribution is -0.133. The SMILES string of the molecule is C[C@@H]1CCCC[C@H]1NC(=O)[C@@H]1C[C@H]2CC[C@H]1C[C@@]21NC(=O)c2ccccc2N1. The average molecular weight is 382 g/mol. The summed E-state index contributed by atoms with van der Waals surface area (Å²) < 4.78 is 0. The minimum absolute atomic E-state index is 0.0129. The van der Waals surface area contributed by atoms with Crippen LogP contribution in [0.4, 0.5) is 5.69 Å². The number of para-hydroxylation sites is 1. The van der Waals surface area contributed by atoms with Crippen LogP contribution in [0.5, 0.6) is 0 Å². The quantitative estimate of drug-likeness (QED) is 0.732. The highest BCUT2D eigenvalue weighted by Crippen LogP contribution is 2.51. The lowest BCUT2D eigenvalue weighted by atomic mass is 9.58. The molecule has 0 unspecified atom stereocenters. The summed E-state index contributed by atoms with van der Waals surface area (Å²) in [6.07, 6.45) is 8.73. The molecule has 0 aromatic heterocycles. The molecule has 3 N–H and O–H groups in total. The van der Waals surface area contributed by atoms with Crippen LogP contribution in [0.1, 0.15) is 68.6 Å². The van der Waals surface area contributed by atoms with Crippen LogP contribution in [0.2, 0.25) is 0 Å². The van der Waals surface area contributed by atoms with E-state index in [4.69, 9.17) is 0 Å². The molecule has 1 spiro atoms. The van der Waals surface area contributed by atoms with E-state index >= 15 is 0 Å². The molecule has 5 heteroatoms. The van der Waals surface area contributed by atoms with Gasteiger partial charge in [-0.25, -0.2) is 0 Å². The summed E-state index contributed by atoms with van der Waals surface area (Å²) in [6.45, 7) is 2.27. The van der Waals surface area contributed by atoms with Crippen molar-refractivity contribution < 1.29 is 9.59 Å². The van der Waals surface area contributed by atoms with Crippen LogP contribution in [-0.2, 0) is 4.79 Å². The maximum atomic E-state index is 13.1. The van der Waals surface area contributed by atoms with E-state index in [2.05, 4.69) is 22.9 Å². The molecule has 2 amide bonds. The van der Waals surface area contributed by atoms with Gasteiger partial charge in [0.25, 0.3) is 5.91 Å². The van der Waals surface area contributed by atoms with E-state index in [9.17, 15) is 9.59 Å². The molecule has 1 aromatic carbocycles. The van der Waals surface area contributed by atoms with Gasteiger partial charge in [0.05, 0.1) is 5.56 Å². The van der Waals surface area contributed by atoms with E-state index in [1.807, 2.05) is 24.3 Å². The van der Waals surface area contributed by atoms with Gasteiger partial charge in [0, 0.05) is 23.6 Å². The Morgan fingerprint density at radius 2 is 1.93 bits per heavy atom. The van der Waals surface area contributed by atoms with Gasteiger partial charge in [0.2, 0.25) is 5.91 Å². The predicted octanol–water partition coefficient (Wildman–Crippen LogP) is 3.67. The fourth-order valence-corrected chi connectivity index (χ4v) is 6.28. The molecule has 0 saturated heterocycles. The second-order valence-electron chi connectivity index (χ2n) is 9.55. The Morgan fingerprint density at radius 1 is 1.11 bits per heavy atom. The first-order valence-corrected chi connectivity index (χ1v) is 11.1. The fourth-order valence-electron chi connectivity index (χ4n) is 6.28. The van der Waals surface area contributed by atoms with Gasteiger partial charge in [-0.15, -0.1) is 0 Å². The third kappa shape index (κ3) is 2.90. The third-order valence-electron chi connectivity index (χ3n) is 7.92. The molecule has 6 atom stereocenters. The lowest BCUT2D eigenvalue weighted by Crippen LogP contribution is -2.68. The van der Waals surface area contributed by atoms with Crippen molar-refractivity contribution in [2.24, 2.45) is 23.7 Å². The molecule has 4 fully saturated rings. The van der Waals surface area contributed by atoms with Crippen LogP contribution in [-0.4, -0.2) is 23.5 Å². The number of hydrogen-bond acceptors (Lipinski definition) is 3. The van der Waals surface area contributed by atoms with Gasteiger partial charge < -0.3 is 16.0 Å². The highest BCUT2D eigenvalue weighted by Gasteiger charge is 2.55. The fraction of sp³-hybridized carbons (Fsp3) is 0.652. The molecule has 5 aliphatic rings. The van der Waals surface area contributed by atoms with E-state index in [0.29, 0.717) is 23.8 Å². The van der Waals surface area contributed by atoms with Gasteiger partial charge in [0.1, 0.15) is 5.66 Å². The van der Waals surface area contributed by atoms with Crippen molar-refractivity contribution in [3.63, 3.8) is 0 Å². The molecular formula is C23H31N3O2. The van der Waals surface area contributed by atoms with Gasteiger partial charge in [-0.1, -0.05) is 31.9 Å². The van der Waals surface area contributed by atoms with Crippen LogP contribution in [0, 0.1) is 23.7 Å². The van der Waals surface area contributed by atoms with Crippen LogP contribution in [0.3, 0.4) is 0 Å². The Morgan fingerprint density at radius 3 is 2.71 bits per heavy atom. The van der Waals surface area contributed by atoms with E-state index < -0.39 is 0 Å². The molecule has 5 nitrogen and oxygen atoms in total. The zero-order valence-corrected chi connectivity index (χ0v) is 16.7. The zero-order chi connectivity index (χ0) is 19.3. The van der Waals surface area contributed by atoms with Crippen LogP contribution < -0.4 is 16.0 Å². The Bertz CT molecular complexity index is 794. The number of benzene rings is 1. The molecular weight excluding hydrogens is 350 g/mol. The largest absolute Gasteiger partial charge is 0.362 e. The number of rotatable bonds is 2. The standard InChI is InChI=1S/C23H31N3O2/c1-14-6-2-4-8-19(14)24-21(27)18-12-16-11-10-15(18)13-23(16)25-20-9-5-3-7-17(20)22(28)26-23/h3,5,7,9,14-16,18-19,25H,2,4,6,8,10-13H2,1H3,(H,24,27)(H,26,28)/t14-,15+,16-,18-,19-,23-/m1/s1. The Balaban J connectivity index is 1.32. The van der Waals surface area contributed by atoms with E-state index in [1.54, 1.807) is 0 Å². The molecule has 2 bridgehead atoms. The Hall–Kier alpha value is -2.04. The van der Waals surface area contributed by atoms with Crippen LogP contribution in [0.15, 0.2) is 24.3 Å². The minimum Gasteiger partial charge on any atom is -0.362 e. The molecule has 0 radical (unpaired) electrons. The van der Waals surface area contributed by atoms with Gasteiger partial charge in [0.15, 0.2) is 0 Å². The molecule has 150 valence electrons. The summed E-state index contributed by atoms with van der Waals surface area (Å²) in [5, 5.41) is 10.3. The smallest absolute Gasteiger partial charge is 0.255 e. The summed E-state index contributed by atoms with van der Waals surface area (Å²) in [4.78, 5) is 25.8. The number of nitrogens with one attached hydrogen (secondary N) is 3. The molecule has 1 aliphatic heterocycles. The number of fused-ring (bicyclic) bond motifs is 3. The average Bonchev–Trinajstić information content (AvgIpc) is 2.70. The summed E-state index contributed by atoms with van der Waals surface area (Å²) >= 11 is 0. The highest BCUT2D eigenvalue weighted by atomic mass is 16.2. The van der Waals surface area contributed by atoms with Crippen molar-refractivity contribution in [3.05, 3.63) is 29.8 Å². The maximum absolute atomic E-state index is 13.1. The first kappa shape index (κ1) is 18.0. The normalized spacial score (nSPS) is 39.0. The Kier molecular flexibility index (Phi) is 4.37. The van der Waals surface area contributed by atoms with Crippen molar-refractivity contribution >= 4 is 17.5 Å². The number of carbonyl (C=O) groups is 2. The molecule has 1 heterocycles. The number of carbonyl (C=O) groups excluding carboxylic acids is 2. The van der Waals surface area contributed by atoms with Gasteiger partial charge in [-0.05, 0) is 62.5 Å². The second kappa shape index (κ2) is 6.78. The third-order valence-corrected chi connectivity index (χ3v) is 7.92. The summed E-state index contributed by atoms with van der Waals surface area (Å²) in [6, 6.07) is 8.08. The Labute approximate surface area is 167 Å². The van der Waals surface area contributed by atoms with Crippen molar-refractivity contribution in [1.29, 1.82) is 0 Å². The number of anilines is 1. The van der Waals surface area contributed by atoms with E-state index in [1.165, 1.54) is 19.3 Å². The van der Waals surface area contributed by atoms with Gasteiger partial charge >= 0.3 is 0 Å². The lowest BCUT2D eigenvalue weighted by Gasteiger charge is -2.56. The van der Waals surface area contributed by atoms with E-state index in [0.717, 1.165) is 43.4 Å². The predicted molar refractivity (Wildman–Crippen MR) is 109 cm³/mol. The summed E-state index contributed by atoms with van der Waals surface area (Å²) in [5.41, 5.74) is 1.26. The van der Waals surface area contributed by atoms with Gasteiger partial charge in [-0.2, -0.15) is 0 Å². The zero-order valence-electron chi connectivity index (χ0n) is 16.7. The maximum Gasteiger partial charge on any atom is 0.255 e.